The molecule has 1 aliphatic heterocycles. The number of aromatic nitrogens is 2. The van der Waals surface area contributed by atoms with Gasteiger partial charge in [-0.3, -0.25) is 4.68 Å². The average molecular weight is 335 g/mol. The summed E-state index contributed by atoms with van der Waals surface area (Å²) >= 11 is 10.3. The fourth-order valence-corrected chi connectivity index (χ4v) is 5.49. The molecule has 3 atom stereocenters. The van der Waals surface area contributed by atoms with Gasteiger partial charge < -0.3 is 10.6 Å². The number of rotatable bonds is 5. The van der Waals surface area contributed by atoms with Gasteiger partial charge in [-0.2, -0.15) is 28.6 Å². The lowest BCUT2D eigenvalue weighted by Gasteiger charge is -2.32. The van der Waals surface area contributed by atoms with Crippen molar-refractivity contribution in [1.29, 1.82) is 0 Å². The lowest BCUT2D eigenvalue weighted by molar-refractivity contribution is 0.366. The molecule has 114 valence electrons. The van der Waals surface area contributed by atoms with E-state index in [2.05, 4.69) is 31.0 Å². The number of hydrogen-bond acceptors (Lipinski definition) is 5. The zero-order valence-corrected chi connectivity index (χ0v) is 14.6. The molecule has 20 heavy (non-hydrogen) atoms. The highest BCUT2D eigenvalue weighted by atomic mass is 35.5. The van der Waals surface area contributed by atoms with Crippen molar-refractivity contribution in [3.8, 4) is 0 Å². The van der Waals surface area contributed by atoms with Crippen LogP contribution in [0.2, 0.25) is 5.02 Å². The van der Waals surface area contributed by atoms with Gasteiger partial charge in [0.15, 0.2) is 0 Å². The van der Waals surface area contributed by atoms with Gasteiger partial charge in [0.2, 0.25) is 0 Å². The second-order valence-corrected chi connectivity index (χ2v) is 8.52. The largest absolute Gasteiger partial charge is 0.322 e. The standard InChI is InChI=1S/C13H23ClN4S2/c1-9-13(20-7-6-19-9)11(15)12-10(14)8-16-18(12)5-4-17(2)3/h8-9,11,13H,4-7,15H2,1-3H3. The molecular weight excluding hydrogens is 312 g/mol. The summed E-state index contributed by atoms with van der Waals surface area (Å²) in [4.78, 5) is 2.14. The Morgan fingerprint density at radius 3 is 2.85 bits per heavy atom. The van der Waals surface area contributed by atoms with Gasteiger partial charge in [0.1, 0.15) is 0 Å². The van der Waals surface area contributed by atoms with Crippen molar-refractivity contribution in [1.82, 2.24) is 14.7 Å². The minimum Gasteiger partial charge on any atom is -0.322 e. The quantitative estimate of drug-likeness (QED) is 0.895. The summed E-state index contributed by atoms with van der Waals surface area (Å²) in [6, 6.07) is -0.0556. The van der Waals surface area contributed by atoms with E-state index < -0.39 is 0 Å². The Bertz CT molecular complexity index is 438. The number of halogens is 1. The maximum Gasteiger partial charge on any atom is 0.0834 e. The molecule has 0 amide bonds. The van der Waals surface area contributed by atoms with E-state index in [0.29, 0.717) is 15.5 Å². The normalized spacial score (nSPS) is 25.1. The molecule has 3 unspecified atom stereocenters. The van der Waals surface area contributed by atoms with Crippen LogP contribution in [0, 0.1) is 0 Å². The Morgan fingerprint density at radius 1 is 1.50 bits per heavy atom. The van der Waals surface area contributed by atoms with Crippen molar-refractivity contribution >= 4 is 35.1 Å². The van der Waals surface area contributed by atoms with Gasteiger partial charge in [0.05, 0.1) is 29.5 Å². The summed E-state index contributed by atoms with van der Waals surface area (Å²) in [5.74, 6) is 2.37. The van der Waals surface area contributed by atoms with E-state index in [-0.39, 0.29) is 6.04 Å². The molecule has 0 bridgehead atoms. The molecule has 0 saturated carbocycles. The summed E-state index contributed by atoms with van der Waals surface area (Å²) in [5.41, 5.74) is 7.51. The maximum absolute atomic E-state index is 6.52. The average Bonchev–Trinajstić information content (AvgIpc) is 2.77. The van der Waals surface area contributed by atoms with E-state index in [9.17, 15) is 0 Å². The first-order chi connectivity index (χ1) is 9.50. The third-order valence-corrected chi connectivity index (χ3v) is 7.01. The first kappa shape index (κ1) is 16.5. The van der Waals surface area contributed by atoms with Crippen LogP contribution in [0.3, 0.4) is 0 Å². The molecule has 2 N–H and O–H groups in total. The number of nitrogens with two attached hydrogens (primary N) is 1. The smallest absolute Gasteiger partial charge is 0.0834 e. The molecule has 1 aliphatic rings. The summed E-state index contributed by atoms with van der Waals surface area (Å²) in [5, 5.41) is 6.04. The maximum atomic E-state index is 6.52. The second kappa shape index (κ2) is 7.40. The SMILES string of the molecule is CC1SCCSC1C(N)c1c(Cl)cnn1CCN(C)C. The molecule has 1 aromatic heterocycles. The van der Waals surface area contributed by atoms with Gasteiger partial charge in [0, 0.05) is 28.6 Å². The van der Waals surface area contributed by atoms with Gasteiger partial charge in [-0.05, 0) is 14.1 Å². The predicted octanol–water partition coefficient (Wildman–Crippen LogP) is 2.33. The third-order valence-electron chi connectivity index (χ3n) is 3.50. The first-order valence-electron chi connectivity index (χ1n) is 6.85. The molecule has 2 heterocycles. The number of nitrogens with zero attached hydrogens (tertiary/aromatic N) is 3. The predicted molar refractivity (Wildman–Crippen MR) is 90.9 cm³/mol. The van der Waals surface area contributed by atoms with Crippen molar-refractivity contribution in [2.75, 3.05) is 32.1 Å². The Kier molecular flexibility index (Phi) is 6.10. The molecule has 1 fully saturated rings. The zero-order chi connectivity index (χ0) is 14.7. The van der Waals surface area contributed by atoms with E-state index >= 15 is 0 Å². The second-order valence-electron chi connectivity index (χ2n) is 5.34. The Balaban J connectivity index is 2.15. The topological polar surface area (TPSA) is 47.1 Å². The number of likely N-dealkylation sites (N-methyl/N-ethyl adjacent to an activating group) is 1. The minimum absolute atomic E-state index is 0.0556. The summed E-state index contributed by atoms with van der Waals surface area (Å²) in [6.45, 7) is 4.01. The lowest BCUT2D eigenvalue weighted by atomic mass is 10.1. The van der Waals surface area contributed by atoms with Crippen molar-refractivity contribution in [3.05, 3.63) is 16.9 Å². The summed E-state index contributed by atoms with van der Waals surface area (Å²) < 4.78 is 1.97. The monoisotopic (exact) mass is 334 g/mol. The highest BCUT2D eigenvalue weighted by Gasteiger charge is 2.32. The third kappa shape index (κ3) is 3.85. The highest BCUT2D eigenvalue weighted by Crippen LogP contribution is 2.39. The van der Waals surface area contributed by atoms with E-state index in [1.165, 1.54) is 5.75 Å². The fraction of sp³-hybridized carbons (Fsp3) is 0.769. The molecule has 0 aromatic carbocycles. The van der Waals surface area contributed by atoms with Crippen LogP contribution in [-0.4, -0.2) is 57.3 Å². The molecule has 0 radical (unpaired) electrons. The molecule has 2 rings (SSSR count). The molecule has 1 aromatic rings. The van der Waals surface area contributed by atoms with Crippen molar-refractivity contribution < 1.29 is 0 Å². The van der Waals surface area contributed by atoms with Crippen LogP contribution >= 0.6 is 35.1 Å². The van der Waals surface area contributed by atoms with E-state index in [0.717, 1.165) is 24.5 Å². The molecule has 1 saturated heterocycles. The van der Waals surface area contributed by atoms with Gasteiger partial charge >= 0.3 is 0 Å². The number of thioether (sulfide) groups is 2. The summed E-state index contributed by atoms with van der Waals surface area (Å²) in [6.07, 6.45) is 1.72. The van der Waals surface area contributed by atoms with Gasteiger partial charge in [0.25, 0.3) is 0 Å². The van der Waals surface area contributed by atoms with Crippen LogP contribution < -0.4 is 5.73 Å². The van der Waals surface area contributed by atoms with E-state index in [1.54, 1.807) is 6.20 Å². The Morgan fingerprint density at radius 2 is 2.20 bits per heavy atom. The van der Waals surface area contributed by atoms with Crippen molar-refractivity contribution in [3.63, 3.8) is 0 Å². The Hall–Kier alpha value is 0.120. The molecule has 7 heteroatoms. The molecule has 0 aliphatic carbocycles. The van der Waals surface area contributed by atoms with Crippen molar-refractivity contribution in [2.45, 2.75) is 30.0 Å². The van der Waals surface area contributed by atoms with Gasteiger partial charge in [-0.1, -0.05) is 18.5 Å². The van der Waals surface area contributed by atoms with Crippen molar-refractivity contribution in [2.24, 2.45) is 5.73 Å². The molecule has 4 nitrogen and oxygen atoms in total. The molecular formula is C13H23ClN4S2. The van der Waals surface area contributed by atoms with Crippen LogP contribution in [0.25, 0.3) is 0 Å². The lowest BCUT2D eigenvalue weighted by Crippen LogP contribution is -2.36. The zero-order valence-electron chi connectivity index (χ0n) is 12.3. The fourth-order valence-electron chi connectivity index (χ4n) is 2.38. The van der Waals surface area contributed by atoms with Crippen LogP contribution in [0.5, 0.6) is 0 Å². The highest BCUT2D eigenvalue weighted by molar-refractivity contribution is 8.07. The van der Waals surface area contributed by atoms with Crippen LogP contribution in [0.1, 0.15) is 18.7 Å². The van der Waals surface area contributed by atoms with Crippen LogP contribution in [0.15, 0.2) is 6.20 Å². The van der Waals surface area contributed by atoms with Crippen LogP contribution in [0.4, 0.5) is 0 Å². The van der Waals surface area contributed by atoms with Crippen LogP contribution in [-0.2, 0) is 6.54 Å². The van der Waals surface area contributed by atoms with E-state index in [1.807, 2.05) is 28.2 Å². The number of hydrogen-bond donors (Lipinski definition) is 1. The Labute approximate surface area is 134 Å². The van der Waals surface area contributed by atoms with E-state index in [4.69, 9.17) is 17.3 Å². The summed E-state index contributed by atoms with van der Waals surface area (Å²) in [7, 11) is 4.11. The minimum atomic E-state index is -0.0556. The first-order valence-corrected chi connectivity index (χ1v) is 9.33. The van der Waals surface area contributed by atoms with Gasteiger partial charge in [-0.25, -0.2) is 0 Å². The van der Waals surface area contributed by atoms with Gasteiger partial charge in [-0.15, -0.1) is 0 Å². The molecule has 0 spiro atoms.